The Morgan fingerprint density at radius 1 is 1.29 bits per heavy atom. The van der Waals surface area contributed by atoms with Gasteiger partial charge in [-0.05, 0) is 20.8 Å². The largest absolute Gasteiger partial charge is 0.460 e. The van der Waals surface area contributed by atoms with E-state index in [9.17, 15) is 14.4 Å². The van der Waals surface area contributed by atoms with Crippen molar-refractivity contribution in [2.75, 3.05) is 6.54 Å². The van der Waals surface area contributed by atoms with Gasteiger partial charge in [-0.3, -0.25) is 14.4 Å². The quantitative estimate of drug-likeness (QED) is 0.516. The molecule has 0 saturated carbocycles. The maximum absolute atomic E-state index is 11.3. The highest BCUT2D eigenvalue weighted by atomic mass is 16.6. The molecule has 0 radical (unpaired) electrons. The molecule has 0 heterocycles. The van der Waals surface area contributed by atoms with Gasteiger partial charge in [0.05, 0.1) is 19.0 Å². The van der Waals surface area contributed by atoms with Crippen LogP contribution >= 0.6 is 0 Å². The van der Waals surface area contributed by atoms with E-state index in [1.165, 1.54) is 0 Å². The number of nitrogens with two attached hydrogens (primary N) is 2. The Hall–Kier alpha value is -1.63. The molecule has 0 aromatic carbocycles. The standard InChI is InChI=1S/C10H19N3O4/c1-10(2,3)17-8(15)4-6(11)9(16)13-5-7(12)14/h6H,4-5,11H2,1-3H3,(H2,12,14)(H,13,16)/t6-/m1/s1. The van der Waals surface area contributed by atoms with Crippen LogP contribution in [0.3, 0.4) is 0 Å². The molecule has 1 atom stereocenters. The van der Waals surface area contributed by atoms with Crippen LogP contribution in [-0.2, 0) is 19.1 Å². The van der Waals surface area contributed by atoms with Crippen molar-refractivity contribution >= 4 is 17.8 Å². The highest BCUT2D eigenvalue weighted by Crippen LogP contribution is 2.08. The smallest absolute Gasteiger partial charge is 0.308 e. The first-order chi connectivity index (χ1) is 7.61. The van der Waals surface area contributed by atoms with Crippen molar-refractivity contribution in [3.8, 4) is 0 Å². The van der Waals surface area contributed by atoms with Crippen LogP contribution in [0.2, 0.25) is 0 Å². The van der Waals surface area contributed by atoms with E-state index in [4.69, 9.17) is 16.2 Å². The fourth-order valence-corrected chi connectivity index (χ4v) is 0.961. The summed E-state index contributed by atoms with van der Waals surface area (Å²) in [5.74, 6) is -1.86. The van der Waals surface area contributed by atoms with E-state index in [0.717, 1.165) is 0 Å². The Balaban J connectivity index is 4.08. The molecule has 0 fully saturated rings. The summed E-state index contributed by atoms with van der Waals surface area (Å²) in [6.07, 6.45) is -0.248. The van der Waals surface area contributed by atoms with Gasteiger partial charge in [0.1, 0.15) is 5.60 Å². The second kappa shape index (κ2) is 6.19. The van der Waals surface area contributed by atoms with E-state index < -0.39 is 29.4 Å². The molecule has 0 aromatic heterocycles. The van der Waals surface area contributed by atoms with E-state index in [1.54, 1.807) is 20.8 Å². The molecule has 0 aromatic rings. The maximum Gasteiger partial charge on any atom is 0.308 e. The molecule has 17 heavy (non-hydrogen) atoms. The van der Waals surface area contributed by atoms with Gasteiger partial charge in [0.25, 0.3) is 0 Å². The average molecular weight is 245 g/mol. The van der Waals surface area contributed by atoms with E-state index in [0.29, 0.717) is 0 Å². The number of esters is 1. The molecule has 7 heteroatoms. The van der Waals surface area contributed by atoms with Gasteiger partial charge in [0.15, 0.2) is 0 Å². The highest BCUT2D eigenvalue weighted by Gasteiger charge is 2.22. The topological polar surface area (TPSA) is 125 Å². The lowest BCUT2D eigenvalue weighted by molar-refractivity contribution is -0.156. The molecule has 5 N–H and O–H groups in total. The van der Waals surface area contributed by atoms with Crippen LogP contribution in [0.4, 0.5) is 0 Å². The summed E-state index contributed by atoms with van der Waals surface area (Å²) in [4.78, 5) is 33.0. The van der Waals surface area contributed by atoms with Crippen LogP contribution in [0, 0.1) is 0 Å². The molecular formula is C10H19N3O4. The lowest BCUT2D eigenvalue weighted by Gasteiger charge is -2.20. The summed E-state index contributed by atoms with van der Waals surface area (Å²) >= 11 is 0. The summed E-state index contributed by atoms with van der Waals surface area (Å²) in [6.45, 7) is 4.83. The van der Waals surface area contributed by atoms with Gasteiger partial charge in [0.2, 0.25) is 11.8 Å². The molecule has 0 spiro atoms. The van der Waals surface area contributed by atoms with Crippen LogP contribution in [0.15, 0.2) is 0 Å². The number of amides is 2. The molecule has 0 unspecified atom stereocenters. The van der Waals surface area contributed by atoms with Gasteiger partial charge in [-0.25, -0.2) is 0 Å². The van der Waals surface area contributed by atoms with Crippen LogP contribution < -0.4 is 16.8 Å². The Labute approximate surface area is 99.9 Å². The molecule has 0 aliphatic rings. The molecule has 98 valence electrons. The van der Waals surface area contributed by atoms with E-state index in [-0.39, 0.29) is 13.0 Å². The van der Waals surface area contributed by atoms with Crippen LogP contribution in [-0.4, -0.2) is 36.0 Å². The fourth-order valence-electron chi connectivity index (χ4n) is 0.961. The monoisotopic (exact) mass is 245 g/mol. The second-order valence-corrected chi connectivity index (χ2v) is 4.58. The fraction of sp³-hybridized carbons (Fsp3) is 0.700. The SMILES string of the molecule is CC(C)(C)OC(=O)C[C@@H](N)C(=O)NCC(N)=O. The molecular weight excluding hydrogens is 226 g/mol. The van der Waals surface area contributed by atoms with Crippen molar-refractivity contribution in [1.29, 1.82) is 0 Å². The van der Waals surface area contributed by atoms with Gasteiger partial charge in [0, 0.05) is 0 Å². The van der Waals surface area contributed by atoms with E-state index >= 15 is 0 Å². The number of primary amides is 1. The third kappa shape index (κ3) is 8.21. The number of hydrogen-bond acceptors (Lipinski definition) is 5. The van der Waals surface area contributed by atoms with Gasteiger partial charge in [-0.15, -0.1) is 0 Å². The van der Waals surface area contributed by atoms with Crippen LogP contribution in [0.5, 0.6) is 0 Å². The summed E-state index contributed by atoms with van der Waals surface area (Å²) in [7, 11) is 0. The van der Waals surface area contributed by atoms with Gasteiger partial charge >= 0.3 is 5.97 Å². The molecule has 0 rings (SSSR count). The molecule has 0 saturated heterocycles. The van der Waals surface area contributed by atoms with E-state index in [1.807, 2.05) is 0 Å². The number of carbonyl (C=O) groups is 3. The number of hydrogen-bond donors (Lipinski definition) is 3. The zero-order chi connectivity index (χ0) is 13.6. The summed E-state index contributed by atoms with van der Waals surface area (Å²) in [5, 5.41) is 2.20. The predicted octanol–water partition coefficient (Wildman–Crippen LogP) is -1.35. The summed E-state index contributed by atoms with van der Waals surface area (Å²) < 4.78 is 4.99. The van der Waals surface area contributed by atoms with Crippen molar-refractivity contribution in [2.45, 2.75) is 38.8 Å². The van der Waals surface area contributed by atoms with Crippen molar-refractivity contribution in [3.63, 3.8) is 0 Å². The lowest BCUT2D eigenvalue weighted by Crippen LogP contribution is -2.45. The number of ether oxygens (including phenoxy) is 1. The Kier molecular flexibility index (Phi) is 5.60. The number of rotatable bonds is 5. The zero-order valence-corrected chi connectivity index (χ0v) is 10.3. The van der Waals surface area contributed by atoms with Crippen molar-refractivity contribution in [2.24, 2.45) is 11.5 Å². The molecule has 2 amide bonds. The second-order valence-electron chi connectivity index (χ2n) is 4.58. The van der Waals surface area contributed by atoms with Crippen molar-refractivity contribution in [1.82, 2.24) is 5.32 Å². The van der Waals surface area contributed by atoms with Crippen LogP contribution in [0.25, 0.3) is 0 Å². The van der Waals surface area contributed by atoms with Crippen LogP contribution in [0.1, 0.15) is 27.2 Å². The highest BCUT2D eigenvalue weighted by molar-refractivity contribution is 5.89. The minimum atomic E-state index is -1.05. The number of carbonyl (C=O) groups excluding carboxylic acids is 3. The lowest BCUT2D eigenvalue weighted by atomic mass is 10.1. The first-order valence-corrected chi connectivity index (χ1v) is 5.15. The zero-order valence-electron chi connectivity index (χ0n) is 10.3. The summed E-state index contributed by atoms with van der Waals surface area (Å²) in [6, 6.07) is -1.05. The van der Waals surface area contributed by atoms with Gasteiger partial charge < -0.3 is 21.5 Å². The maximum atomic E-state index is 11.3. The third-order valence-electron chi connectivity index (χ3n) is 1.58. The van der Waals surface area contributed by atoms with Gasteiger partial charge in [-0.1, -0.05) is 0 Å². The molecule has 0 bridgehead atoms. The van der Waals surface area contributed by atoms with Crippen molar-refractivity contribution < 1.29 is 19.1 Å². The Morgan fingerprint density at radius 2 is 1.82 bits per heavy atom. The predicted molar refractivity (Wildman–Crippen MR) is 60.6 cm³/mol. The van der Waals surface area contributed by atoms with E-state index in [2.05, 4.69) is 5.32 Å². The molecule has 0 aliphatic heterocycles. The number of nitrogens with one attached hydrogen (secondary N) is 1. The minimum absolute atomic E-state index is 0.248. The first kappa shape index (κ1) is 15.4. The minimum Gasteiger partial charge on any atom is -0.460 e. The normalized spacial score (nSPS) is 12.7. The Morgan fingerprint density at radius 3 is 2.24 bits per heavy atom. The first-order valence-electron chi connectivity index (χ1n) is 5.15. The van der Waals surface area contributed by atoms with Crippen molar-refractivity contribution in [3.05, 3.63) is 0 Å². The van der Waals surface area contributed by atoms with Gasteiger partial charge in [-0.2, -0.15) is 0 Å². The third-order valence-corrected chi connectivity index (χ3v) is 1.58. The molecule has 7 nitrogen and oxygen atoms in total. The Bertz CT molecular complexity index is 309. The summed E-state index contributed by atoms with van der Waals surface area (Å²) in [5.41, 5.74) is 9.67. The molecule has 0 aliphatic carbocycles. The average Bonchev–Trinajstić information content (AvgIpc) is 2.10.